The molecule has 0 aliphatic carbocycles. The van der Waals surface area contributed by atoms with E-state index in [0.717, 1.165) is 157 Å². The van der Waals surface area contributed by atoms with Crippen molar-refractivity contribution in [2.24, 2.45) is 0 Å². The Hall–Kier alpha value is -9.54. The van der Waals surface area contributed by atoms with Crippen LogP contribution in [-0.4, -0.2) is 19.8 Å². The molecule has 6 nitrogen and oxygen atoms in total. The third-order valence-electron chi connectivity index (χ3n) is 13.7. The van der Waals surface area contributed by atoms with Crippen LogP contribution in [0, 0.1) is 36.0 Å². The Balaban J connectivity index is 0.727. The van der Waals surface area contributed by atoms with Crippen LogP contribution >= 0.6 is 0 Å². The standard InChI is InChI=1S/C75H71N3O3/c1-2-3-4-5-9-28-58-80-74-56-50-70(51-57-74)78(67-42-24-15-25-43-67)75-45-27-26-35-63(75)34-17-7-6-10-29-59-79-73-54-48-69(49-55-73)77(66-40-22-14-23-41-66)71-44-31-33-62(61-71)32-16-8-11-30-60-81-72-52-46-68(47-53-72)76(64-36-18-12-19-37-64)65-38-20-13-21-39-65/h1,12-15,18-27,31,33,35-57,61H,3-11,28-30,58-60H2. The lowest BCUT2D eigenvalue weighted by Crippen LogP contribution is -2.11. The molecule has 0 amide bonds. The highest BCUT2D eigenvalue weighted by Gasteiger charge is 2.17. The number of para-hydroxylation sites is 5. The molecular weight excluding hydrogens is 991 g/mol. The average Bonchev–Trinajstić information content (AvgIpc) is 3.52. The van der Waals surface area contributed by atoms with Crippen LogP contribution in [0.2, 0.25) is 0 Å². The van der Waals surface area contributed by atoms with Crippen molar-refractivity contribution in [2.75, 3.05) is 34.5 Å². The van der Waals surface area contributed by atoms with Gasteiger partial charge in [-0.05, 0) is 197 Å². The van der Waals surface area contributed by atoms with Crippen LogP contribution in [0.3, 0.4) is 0 Å². The van der Waals surface area contributed by atoms with Crippen LogP contribution in [0.4, 0.5) is 51.2 Å². The van der Waals surface area contributed by atoms with Gasteiger partial charge in [-0.2, -0.15) is 0 Å². The molecule has 6 heteroatoms. The maximum absolute atomic E-state index is 6.26. The molecule has 0 heterocycles. The van der Waals surface area contributed by atoms with Gasteiger partial charge in [0.05, 0.1) is 25.5 Å². The van der Waals surface area contributed by atoms with Crippen molar-refractivity contribution < 1.29 is 14.2 Å². The summed E-state index contributed by atoms with van der Waals surface area (Å²) in [6, 6.07) is 83.8. The summed E-state index contributed by atoms with van der Waals surface area (Å²) in [6.45, 7) is 1.98. The number of ether oxygens (including phenoxy) is 3. The number of hydrogen-bond donors (Lipinski definition) is 0. The molecule has 0 radical (unpaired) electrons. The predicted molar refractivity (Wildman–Crippen MR) is 338 cm³/mol. The molecule has 0 unspecified atom stereocenters. The molecule has 0 spiro atoms. The molecule has 9 rings (SSSR count). The van der Waals surface area contributed by atoms with E-state index in [2.05, 4.69) is 263 Å². The monoisotopic (exact) mass is 1060 g/mol. The van der Waals surface area contributed by atoms with Gasteiger partial charge in [0.25, 0.3) is 0 Å². The van der Waals surface area contributed by atoms with Gasteiger partial charge in [0.2, 0.25) is 0 Å². The molecule has 9 aromatic rings. The van der Waals surface area contributed by atoms with E-state index < -0.39 is 0 Å². The SMILES string of the molecule is C#CCCCCCCOc1ccc(N(c2ccccc2)c2ccccc2C#CCCCCCOc2ccc(N(c3ccccc3)c3cccc(C#CCCCCOc4ccc(N(c5ccccc5)c5ccccc5)cc4)c3)cc2)cc1. The fraction of sp³-hybridized carbons (Fsp3) is 0.200. The summed E-state index contributed by atoms with van der Waals surface area (Å²) in [6.07, 6.45) is 17.1. The van der Waals surface area contributed by atoms with Crippen molar-refractivity contribution in [1.29, 1.82) is 0 Å². The molecule has 0 aliphatic heterocycles. The lowest BCUT2D eigenvalue weighted by Gasteiger charge is -2.26. The summed E-state index contributed by atoms with van der Waals surface area (Å²) in [5.74, 6) is 19.1. The van der Waals surface area contributed by atoms with E-state index in [9.17, 15) is 0 Å². The molecule has 0 aromatic heterocycles. The number of terminal acetylenes is 1. The van der Waals surface area contributed by atoms with Crippen LogP contribution in [0.5, 0.6) is 17.2 Å². The van der Waals surface area contributed by atoms with Crippen LogP contribution in [-0.2, 0) is 0 Å². The molecule has 0 fully saturated rings. The van der Waals surface area contributed by atoms with Gasteiger partial charge < -0.3 is 28.9 Å². The molecule has 9 aromatic carbocycles. The third-order valence-corrected chi connectivity index (χ3v) is 13.7. The van der Waals surface area contributed by atoms with E-state index in [-0.39, 0.29) is 0 Å². The van der Waals surface area contributed by atoms with Gasteiger partial charge in [-0.3, -0.25) is 0 Å². The summed E-state index contributed by atoms with van der Waals surface area (Å²) in [7, 11) is 0. The molecule has 0 atom stereocenters. The lowest BCUT2D eigenvalue weighted by atomic mass is 10.1. The number of benzene rings is 9. The zero-order valence-corrected chi connectivity index (χ0v) is 46.3. The Bertz CT molecular complexity index is 3410. The van der Waals surface area contributed by atoms with E-state index in [4.69, 9.17) is 20.6 Å². The van der Waals surface area contributed by atoms with Crippen LogP contribution in [0.25, 0.3) is 0 Å². The predicted octanol–water partition coefficient (Wildman–Crippen LogP) is 19.7. The van der Waals surface area contributed by atoms with Gasteiger partial charge in [-0.1, -0.05) is 128 Å². The summed E-state index contributed by atoms with van der Waals surface area (Å²) in [5.41, 5.74) is 11.6. The van der Waals surface area contributed by atoms with Gasteiger partial charge >= 0.3 is 0 Å². The largest absolute Gasteiger partial charge is 0.494 e. The second kappa shape index (κ2) is 31.2. The maximum Gasteiger partial charge on any atom is 0.119 e. The number of hydrogen-bond acceptors (Lipinski definition) is 6. The molecule has 0 saturated carbocycles. The van der Waals surface area contributed by atoms with Crippen molar-refractivity contribution in [2.45, 2.75) is 77.0 Å². The highest BCUT2D eigenvalue weighted by Crippen LogP contribution is 2.39. The molecule has 0 saturated heterocycles. The minimum absolute atomic E-state index is 0.640. The maximum atomic E-state index is 6.26. The van der Waals surface area contributed by atoms with E-state index in [0.29, 0.717) is 19.8 Å². The Morgan fingerprint density at radius 1 is 0.296 bits per heavy atom. The fourth-order valence-electron chi connectivity index (χ4n) is 9.58. The van der Waals surface area contributed by atoms with Gasteiger partial charge in [-0.15, -0.1) is 12.3 Å². The number of unbranched alkanes of at least 4 members (excludes halogenated alkanes) is 9. The first kappa shape index (κ1) is 56.2. The average molecular weight is 1060 g/mol. The fourth-order valence-corrected chi connectivity index (χ4v) is 9.58. The second-order valence-corrected chi connectivity index (χ2v) is 19.7. The molecular formula is C75H71N3O3. The third kappa shape index (κ3) is 17.0. The summed E-state index contributed by atoms with van der Waals surface area (Å²) in [4.78, 5) is 6.78. The molecule has 81 heavy (non-hydrogen) atoms. The Labute approximate surface area is 481 Å². The van der Waals surface area contributed by atoms with E-state index in [1.54, 1.807) is 0 Å². The quantitative estimate of drug-likeness (QED) is 0.0377. The smallest absolute Gasteiger partial charge is 0.119 e. The zero-order chi connectivity index (χ0) is 55.4. The van der Waals surface area contributed by atoms with Crippen molar-refractivity contribution in [3.63, 3.8) is 0 Å². The Morgan fingerprint density at radius 2 is 0.654 bits per heavy atom. The van der Waals surface area contributed by atoms with Gasteiger partial charge in [-0.25, -0.2) is 0 Å². The second-order valence-electron chi connectivity index (χ2n) is 19.7. The first-order chi connectivity index (χ1) is 40.2. The normalized spacial score (nSPS) is 10.5. The first-order valence-corrected chi connectivity index (χ1v) is 28.6. The van der Waals surface area contributed by atoms with E-state index in [1.807, 2.05) is 24.3 Å². The Kier molecular flexibility index (Phi) is 21.6. The van der Waals surface area contributed by atoms with Crippen LogP contribution in [0.15, 0.2) is 243 Å². The first-order valence-electron chi connectivity index (χ1n) is 28.6. The summed E-state index contributed by atoms with van der Waals surface area (Å²) < 4.78 is 18.5. The highest BCUT2D eigenvalue weighted by molar-refractivity contribution is 5.81. The van der Waals surface area contributed by atoms with Crippen molar-refractivity contribution >= 4 is 51.2 Å². The molecule has 0 N–H and O–H groups in total. The van der Waals surface area contributed by atoms with Crippen molar-refractivity contribution in [3.8, 4) is 53.3 Å². The minimum Gasteiger partial charge on any atom is -0.494 e. The van der Waals surface area contributed by atoms with Gasteiger partial charge in [0.15, 0.2) is 0 Å². The zero-order valence-electron chi connectivity index (χ0n) is 46.3. The van der Waals surface area contributed by atoms with Gasteiger partial charge in [0.1, 0.15) is 17.2 Å². The Morgan fingerprint density at radius 3 is 1.16 bits per heavy atom. The van der Waals surface area contributed by atoms with E-state index in [1.165, 1.54) is 0 Å². The summed E-state index contributed by atoms with van der Waals surface area (Å²) in [5, 5.41) is 0. The van der Waals surface area contributed by atoms with Crippen LogP contribution in [0.1, 0.15) is 88.2 Å². The van der Waals surface area contributed by atoms with Crippen molar-refractivity contribution in [1.82, 2.24) is 0 Å². The number of rotatable bonds is 27. The highest BCUT2D eigenvalue weighted by atomic mass is 16.5. The van der Waals surface area contributed by atoms with E-state index >= 15 is 0 Å². The molecule has 0 bridgehead atoms. The van der Waals surface area contributed by atoms with Gasteiger partial charge in [0, 0.05) is 75.9 Å². The van der Waals surface area contributed by atoms with Crippen molar-refractivity contribution in [3.05, 3.63) is 254 Å². The summed E-state index contributed by atoms with van der Waals surface area (Å²) >= 11 is 0. The minimum atomic E-state index is 0.640. The van der Waals surface area contributed by atoms with Crippen LogP contribution < -0.4 is 28.9 Å². The topological polar surface area (TPSA) is 37.4 Å². The number of nitrogens with zero attached hydrogens (tertiary/aromatic N) is 3. The molecule has 404 valence electrons. The lowest BCUT2D eigenvalue weighted by molar-refractivity contribution is 0.305. The number of anilines is 9. The molecule has 0 aliphatic rings.